The van der Waals surface area contributed by atoms with Gasteiger partial charge < -0.3 is 15.4 Å². The summed E-state index contributed by atoms with van der Waals surface area (Å²) in [6.07, 6.45) is 3.23. The fourth-order valence-corrected chi connectivity index (χ4v) is 5.34. The summed E-state index contributed by atoms with van der Waals surface area (Å²) in [5, 5.41) is 0. The number of carbonyl (C=O) groups excluding carboxylic acids is 1. The van der Waals surface area contributed by atoms with Crippen molar-refractivity contribution in [1.29, 1.82) is 0 Å². The minimum Gasteiger partial charge on any atom is -0.370 e. The molecule has 0 aromatic heterocycles. The quantitative estimate of drug-likeness (QED) is 0.857. The minimum absolute atomic E-state index is 0.161. The number of fused-ring (bicyclic) bond motifs is 1. The van der Waals surface area contributed by atoms with Crippen molar-refractivity contribution in [2.24, 2.45) is 17.6 Å². The predicted molar refractivity (Wildman–Crippen MR) is 99.3 cm³/mol. The Balaban J connectivity index is 1.25. The molecule has 5 nitrogen and oxygen atoms in total. The first kappa shape index (κ1) is 18.5. The van der Waals surface area contributed by atoms with Crippen molar-refractivity contribution < 1.29 is 18.3 Å². The molecule has 7 heteroatoms. The molecule has 1 saturated carbocycles. The molecule has 1 aliphatic carbocycles. The van der Waals surface area contributed by atoms with E-state index in [0.717, 1.165) is 51.0 Å². The molecule has 0 spiro atoms. The third kappa shape index (κ3) is 3.23. The van der Waals surface area contributed by atoms with E-state index in [2.05, 4.69) is 4.90 Å². The molecule has 4 fully saturated rings. The van der Waals surface area contributed by atoms with Gasteiger partial charge in [0.05, 0.1) is 6.61 Å². The molecular formula is C21H27F2N3O2. The molecule has 152 valence electrons. The lowest BCUT2D eigenvalue weighted by atomic mass is 9.92. The first-order valence-electron chi connectivity index (χ1n) is 10.4. The molecule has 3 heterocycles. The van der Waals surface area contributed by atoms with Crippen LogP contribution < -0.4 is 5.73 Å². The monoisotopic (exact) mass is 391 g/mol. The van der Waals surface area contributed by atoms with Gasteiger partial charge in [0.15, 0.2) is 0 Å². The summed E-state index contributed by atoms with van der Waals surface area (Å²) in [4.78, 5) is 16.9. The Kier molecular flexibility index (Phi) is 4.64. The summed E-state index contributed by atoms with van der Waals surface area (Å²) in [5.41, 5.74) is 6.54. The molecule has 5 atom stereocenters. The highest BCUT2D eigenvalue weighted by Gasteiger charge is 2.48. The summed E-state index contributed by atoms with van der Waals surface area (Å²) in [6, 6.07) is 3.56. The number of likely N-dealkylation sites (tertiary alicyclic amines) is 2. The molecule has 4 aliphatic rings. The van der Waals surface area contributed by atoms with E-state index in [1.165, 1.54) is 6.07 Å². The zero-order chi connectivity index (χ0) is 19.4. The minimum atomic E-state index is -0.623. The number of nitrogens with two attached hydrogens (primary N) is 1. The van der Waals surface area contributed by atoms with Crippen LogP contribution in [0.1, 0.15) is 37.4 Å². The maximum Gasteiger partial charge on any atom is 0.225 e. The second-order valence-corrected chi connectivity index (χ2v) is 8.84. The lowest BCUT2D eigenvalue weighted by molar-refractivity contribution is -0.132. The summed E-state index contributed by atoms with van der Waals surface area (Å²) >= 11 is 0. The first-order valence-corrected chi connectivity index (χ1v) is 10.4. The SMILES string of the molecule is N[C@H]1C[C@@H](N2CCC3CN(C(=O)C4CC4)CC32)CO[C@@H]1c1cc(F)ccc1F. The fourth-order valence-electron chi connectivity index (χ4n) is 5.34. The van der Waals surface area contributed by atoms with Crippen molar-refractivity contribution in [1.82, 2.24) is 9.80 Å². The van der Waals surface area contributed by atoms with E-state index in [0.29, 0.717) is 30.9 Å². The third-order valence-corrected chi connectivity index (χ3v) is 6.96. The van der Waals surface area contributed by atoms with Gasteiger partial charge in [0.25, 0.3) is 0 Å². The van der Waals surface area contributed by atoms with Crippen molar-refractivity contribution in [2.45, 2.75) is 49.9 Å². The number of carbonyl (C=O) groups is 1. The molecular weight excluding hydrogens is 364 g/mol. The van der Waals surface area contributed by atoms with Gasteiger partial charge in [-0.3, -0.25) is 9.69 Å². The van der Waals surface area contributed by atoms with Crippen LogP contribution in [-0.4, -0.2) is 60.1 Å². The predicted octanol–water partition coefficient (Wildman–Crippen LogP) is 2.06. The molecule has 1 aromatic rings. The topological polar surface area (TPSA) is 58.8 Å². The van der Waals surface area contributed by atoms with Crippen molar-refractivity contribution in [3.8, 4) is 0 Å². The van der Waals surface area contributed by atoms with Gasteiger partial charge >= 0.3 is 0 Å². The van der Waals surface area contributed by atoms with Crippen LogP contribution in [0.2, 0.25) is 0 Å². The number of amides is 1. The number of ether oxygens (including phenoxy) is 1. The molecule has 0 bridgehead atoms. The van der Waals surface area contributed by atoms with Crippen LogP contribution in [0.5, 0.6) is 0 Å². The van der Waals surface area contributed by atoms with Crippen molar-refractivity contribution >= 4 is 5.91 Å². The van der Waals surface area contributed by atoms with Crippen LogP contribution in [-0.2, 0) is 9.53 Å². The first-order chi connectivity index (χ1) is 13.5. The Bertz CT molecular complexity index is 772. The van der Waals surface area contributed by atoms with Crippen LogP contribution in [0.3, 0.4) is 0 Å². The van der Waals surface area contributed by atoms with Gasteiger partial charge in [-0.25, -0.2) is 8.78 Å². The number of halogens is 2. The molecule has 5 rings (SSSR count). The van der Waals surface area contributed by atoms with E-state index >= 15 is 0 Å². The molecule has 3 aliphatic heterocycles. The Labute approximate surface area is 163 Å². The van der Waals surface area contributed by atoms with E-state index in [9.17, 15) is 13.6 Å². The van der Waals surface area contributed by atoms with E-state index < -0.39 is 17.7 Å². The highest BCUT2D eigenvalue weighted by molar-refractivity contribution is 5.81. The zero-order valence-electron chi connectivity index (χ0n) is 15.9. The van der Waals surface area contributed by atoms with Crippen molar-refractivity contribution in [3.63, 3.8) is 0 Å². The number of hydrogen-bond donors (Lipinski definition) is 1. The van der Waals surface area contributed by atoms with Crippen LogP contribution >= 0.6 is 0 Å². The molecule has 3 saturated heterocycles. The Morgan fingerprint density at radius 2 is 2.00 bits per heavy atom. The van der Waals surface area contributed by atoms with Gasteiger partial charge in [-0.2, -0.15) is 0 Å². The zero-order valence-corrected chi connectivity index (χ0v) is 15.9. The molecule has 1 aromatic carbocycles. The van der Waals surface area contributed by atoms with Crippen LogP contribution in [0.4, 0.5) is 8.78 Å². The van der Waals surface area contributed by atoms with Gasteiger partial charge in [0.2, 0.25) is 5.91 Å². The molecule has 2 unspecified atom stereocenters. The summed E-state index contributed by atoms with van der Waals surface area (Å²) in [5.74, 6) is 0.153. The summed E-state index contributed by atoms with van der Waals surface area (Å²) < 4.78 is 33.7. The smallest absolute Gasteiger partial charge is 0.225 e. The molecule has 1 amide bonds. The van der Waals surface area contributed by atoms with Crippen molar-refractivity contribution in [3.05, 3.63) is 35.4 Å². The molecule has 28 heavy (non-hydrogen) atoms. The summed E-state index contributed by atoms with van der Waals surface area (Å²) in [6.45, 7) is 3.11. The summed E-state index contributed by atoms with van der Waals surface area (Å²) in [7, 11) is 0. The highest BCUT2D eigenvalue weighted by Crippen LogP contribution is 2.39. The van der Waals surface area contributed by atoms with Gasteiger partial charge in [0, 0.05) is 42.7 Å². The van der Waals surface area contributed by atoms with E-state index in [1.54, 1.807) is 0 Å². The molecule has 2 N–H and O–H groups in total. The van der Waals surface area contributed by atoms with E-state index in [-0.39, 0.29) is 23.6 Å². The number of nitrogens with zero attached hydrogens (tertiary/aromatic N) is 2. The number of rotatable bonds is 3. The van der Waals surface area contributed by atoms with E-state index in [1.807, 2.05) is 4.90 Å². The average Bonchev–Trinajstić information content (AvgIpc) is 3.32. The van der Waals surface area contributed by atoms with Crippen molar-refractivity contribution in [2.75, 3.05) is 26.2 Å². The number of hydrogen-bond acceptors (Lipinski definition) is 4. The Hall–Kier alpha value is -1.57. The lowest BCUT2D eigenvalue weighted by Crippen LogP contribution is -2.52. The van der Waals surface area contributed by atoms with Crippen LogP contribution in [0, 0.1) is 23.5 Å². The largest absolute Gasteiger partial charge is 0.370 e. The normalized spacial score (nSPS) is 36.0. The molecule has 0 radical (unpaired) electrons. The second-order valence-electron chi connectivity index (χ2n) is 8.84. The second kappa shape index (κ2) is 7.04. The van der Waals surface area contributed by atoms with E-state index in [4.69, 9.17) is 10.5 Å². The van der Waals surface area contributed by atoms with Gasteiger partial charge in [0.1, 0.15) is 17.7 Å². The lowest BCUT2D eigenvalue weighted by Gasteiger charge is -2.41. The van der Waals surface area contributed by atoms with Gasteiger partial charge in [-0.05, 0) is 56.3 Å². The van der Waals surface area contributed by atoms with Gasteiger partial charge in [-0.1, -0.05) is 0 Å². The maximum absolute atomic E-state index is 14.1. The highest BCUT2D eigenvalue weighted by atomic mass is 19.1. The fraction of sp³-hybridized carbons (Fsp3) is 0.667. The Morgan fingerprint density at radius 3 is 2.75 bits per heavy atom. The standard InChI is InChI=1S/C21H27F2N3O2/c22-14-3-4-17(23)16(7-14)20-18(24)8-15(11-28-20)26-6-5-13-9-25(10-19(13)26)21(27)12-1-2-12/h3-4,7,12-13,15,18-20H,1-2,5-6,8-11,24H2/t13?,15-,18+,19?,20-/m1/s1. The average molecular weight is 391 g/mol. The number of benzene rings is 1. The third-order valence-electron chi connectivity index (χ3n) is 6.96. The van der Waals surface area contributed by atoms with Gasteiger partial charge in [-0.15, -0.1) is 0 Å². The van der Waals surface area contributed by atoms with Crippen LogP contribution in [0.15, 0.2) is 18.2 Å². The maximum atomic E-state index is 14.1. The van der Waals surface area contributed by atoms with Crippen LogP contribution in [0.25, 0.3) is 0 Å². The Morgan fingerprint density at radius 1 is 1.18 bits per heavy atom.